The number of fused-ring (bicyclic) bond motifs is 1. The van der Waals surface area contributed by atoms with Gasteiger partial charge in [-0.1, -0.05) is 18.2 Å². The Labute approximate surface area is 188 Å². The molecular formula is C25H17N5O3. The number of hydrogen-bond acceptors (Lipinski definition) is 7. The molecule has 0 saturated carbocycles. The number of nitrogens with zero attached hydrogens (tertiary/aromatic N) is 4. The van der Waals surface area contributed by atoms with E-state index < -0.39 is 0 Å². The number of para-hydroxylation sites is 1. The van der Waals surface area contributed by atoms with Crippen molar-refractivity contribution >= 4 is 23.0 Å². The van der Waals surface area contributed by atoms with Crippen molar-refractivity contribution < 1.29 is 14.3 Å². The van der Waals surface area contributed by atoms with Gasteiger partial charge in [0.25, 0.3) is 5.91 Å². The Morgan fingerprint density at radius 2 is 1.67 bits per heavy atom. The second-order valence-corrected chi connectivity index (χ2v) is 7.16. The van der Waals surface area contributed by atoms with Crippen LogP contribution in [0.5, 0.6) is 5.75 Å². The summed E-state index contributed by atoms with van der Waals surface area (Å²) < 4.78 is 5.84. The van der Waals surface area contributed by atoms with E-state index in [0.29, 0.717) is 28.5 Å². The van der Waals surface area contributed by atoms with Crippen LogP contribution in [0.1, 0.15) is 15.9 Å². The Morgan fingerprint density at radius 1 is 0.909 bits per heavy atom. The van der Waals surface area contributed by atoms with Gasteiger partial charge >= 0.3 is 0 Å². The van der Waals surface area contributed by atoms with Gasteiger partial charge in [-0.05, 0) is 60.7 Å². The van der Waals surface area contributed by atoms with E-state index in [9.17, 15) is 9.90 Å². The van der Waals surface area contributed by atoms with E-state index in [1.165, 1.54) is 6.21 Å². The molecule has 0 aliphatic rings. The average molecular weight is 435 g/mol. The summed E-state index contributed by atoms with van der Waals surface area (Å²) in [7, 11) is 0. The van der Waals surface area contributed by atoms with Gasteiger partial charge in [0.15, 0.2) is 0 Å². The largest absolute Gasteiger partial charge is 0.507 e. The van der Waals surface area contributed by atoms with E-state index in [1.807, 2.05) is 30.3 Å². The molecule has 0 saturated heterocycles. The minimum Gasteiger partial charge on any atom is -0.507 e. The Hall–Kier alpha value is -4.85. The van der Waals surface area contributed by atoms with Crippen LogP contribution in [-0.2, 0) is 0 Å². The zero-order valence-corrected chi connectivity index (χ0v) is 17.2. The van der Waals surface area contributed by atoms with E-state index in [4.69, 9.17) is 4.42 Å². The molecule has 3 aromatic carbocycles. The van der Waals surface area contributed by atoms with Crippen molar-refractivity contribution in [1.29, 1.82) is 0 Å². The van der Waals surface area contributed by atoms with Crippen molar-refractivity contribution in [2.45, 2.75) is 0 Å². The molecule has 5 aromatic rings. The number of carbonyl (C=O) groups is 1. The van der Waals surface area contributed by atoms with Crippen molar-refractivity contribution in [3.05, 3.63) is 96.2 Å². The molecule has 0 radical (unpaired) electrons. The highest BCUT2D eigenvalue weighted by Crippen LogP contribution is 2.26. The Kier molecular flexibility index (Phi) is 5.30. The van der Waals surface area contributed by atoms with Gasteiger partial charge < -0.3 is 9.52 Å². The predicted octanol–water partition coefficient (Wildman–Crippen LogP) is 4.42. The van der Waals surface area contributed by atoms with Crippen LogP contribution in [0.15, 0.2) is 94.6 Å². The van der Waals surface area contributed by atoms with Crippen LogP contribution in [0.4, 0.5) is 0 Å². The molecule has 1 amide bonds. The molecule has 160 valence electrons. The standard InChI is InChI=1S/C25H17N5O3/c31-22-6-2-1-4-20(22)15-27-28-23(32)16-7-9-17(10-8-16)24-29-30-25(33-24)19-11-12-21-18(14-19)5-3-13-26-21/h1-15,31H,(H,28,32)/b27-15+. The minimum absolute atomic E-state index is 0.0825. The number of hydrogen-bond donors (Lipinski definition) is 2. The zero-order chi connectivity index (χ0) is 22.6. The van der Waals surface area contributed by atoms with Crippen LogP contribution >= 0.6 is 0 Å². The Balaban J connectivity index is 1.29. The first-order valence-electron chi connectivity index (χ1n) is 10.1. The number of phenolic OH excluding ortho intramolecular Hbond substituents is 1. The summed E-state index contributed by atoms with van der Waals surface area (Å²) in [5.41, 5.74) is 5.72. The average Bonchev–Trinajstić information content (AvgIpc) is 3.35. The lowest BCUT2D eigenvalue weighted by Gasteiger charge is -2.02. The molecule has 0 spiro atoms. The third-order valence-electron chi connectivity index (χ3n) is 4.98. The number of nitrogens with one attached hydrogen (secondary N) is 1. The van der Waals surface area contributed by atoms with Gasteiger partial charge in [0, 0.05) is 33.8 Å². The summed E-state index contributed by atoms with van der Waals surface area (Å²) in [6.45, 7) is 0. The lowest BCUT2D eigenvalue weighted by atomic mass is 10.1. The van der Waals surface area contributed by atoms with E-state index >= 15 is 0 Å². The number of carbonyl (C=O) groups excluding carboxylic acids is 1. The Bertz CT molecular complexity index is 1480. The molecule has 0 aliphatic carbocycles. The maximum Gasteiger partial charge on any atom is 0.271 e. The van der Waals surface area contributed by atoms with E-state index in [1.54, 1.807) is 54.7 Å². The van der Waals surface area contributed by atoms with Crippen LogP contribution in [0.3, 0.4) is 0 Å². The second-order valence-electron chi connectivity index (χ2n) is 7.16. The second kappa shape index (κ2) is 8.72. The Morgan fingerprint density at radius 3 is 2.48 bits per heavy atom. The molecule has 2 N–H and O–H groups in total. The molecule has 0 atom stereocenters. The van der Waals surface area contributed by atoms with Crippen molar-refractivity contribution in [3.63, 3.8) is 0 Å². The highest BCUT2D eigenvalue weighted by atomic mass is 16.4. The van der Waals surface area contributed by atoms with Crippen LogP contribution < -0.4 is 5.43 Å². The summed E-state index contributed by atoms with van der Waals surface area (Å²) in [5.74, 6) is 0.445. The number of aromatic hydroxyl groups is 1. The molecule has 0 fully saturated rings. The maximum atomic E-state index is 12.3. The number of amides is 1. The van der Waals surface area contributed by atoms with Gasteiger partial charge in [0.2, 0.25) is 11.8 Å². The summed E-state index contributed by atoms with van der Waals surface area (Å²) in [4.78, 5) is 16.6. The molecule has 2 heterocycles. The summed E-state index contributed by atoms with van der Waals surface area (Å²) >= 11 is 0. The normalized spacial score (nSPS) is 11.2. The molecule has 0 unspecified atom stereocenters. The zero-order valence-electron chi connectivity index (χ0n) is 17.2. The fourth-order valence-corrected chi connectivity index (χ4v) is 3.25. The number of rotatable bonds is 5. The number of benzene rings is 3. The van der Waals surface area contributed by atoms with Gasteiger partial charge in [-0.25, -0.2) is 5.43 Å². The SMILES string of the molecule is O=C(N/N=C/c1ccccc1O)c1ccc(-c2nnc(-c3ccc4ncccc4c3)o2)cc1. The van der Waals surface area contributed by atoms with Crippen LogP contribution in [0, 0.1) is 0 Å². The first-order valence-corrected chi connectivity index (χ1v) is 10.1. The fourth-order valence-electron chi connectivity index (χ4n) is 3.25. The van der Waals surface area contributed by atoms with E-state index in [2.05, 4.69) is 25.7 Å². The first-order chi connectivity index (χ1) is 16.2. The third-order valence-corrected chi connectivity index (χ3v) is 4.98. The summed E-state index contributed by atoms with van der Waals surface area (Å²) in [6.07, 6.45) is 3.13. The minimum atomic E-state index is -0.385. The molecule has 8 heteroatoms. The van der Waals surface area contributed by atoms with Crippen LogP contribution in [0.25, 0.3) is 33.8 Å². The third kappa shape index (κ3) is 4.31. The molecule has 0 bridgehead atoms. The van der Waals surface area contributed by atoms with E-state index in [0.717, 1.165) is 16.5 Å². The molecule has 8 nitrogen and oxygen atoms in total. The molecule has 0 aliphatic heterocycles. The number of pyridine rings is 1. The smallest absolute Gasteiger partial charge is 0.271 e. The highest BCUT2D eigenvalue weighted by molar-refractivity contribution is 5.95. The van der Waals surface area contributed by atoms with Gasteiger partial charge in [0.1, 0.15) is 5.75 Å². The maximum absolute atomic E-state index is 12.3. The lowest BCUT2D eigenvalue weighted by molar-refractivity contribution is 0.0955. The van der Waals surface area contributed by atoms with Crippen LogP contribution in [0.2, 0.25) is 0 Å². The topological polar surface area (TPSA) is 114 Å². The number of phenols is 1. The molecule has 2 aromatic heterocycles. The molecular weight excluding hydrogens is 418 g/mol. The van der Waals surface area contributed by atoms with Gasteiger partial charge in [-0.3, -0.25) is 9.78 Å². The highest BCUT2D eigenvalue weighted by Gasteiger charge is 2.12. The summed E-state index contributed by atoms with van der Waals surface area (Å²) in [6, 6.07) is 23.0. The van der Waals surface area contributed by atoms with Gasteiger partial charge in [0.05, 0.1) is 11.7 Å². The van der Waals surface area contributed by atoms with Crippen molar-refractivity contribution in [3.8, 4) is 28.7 Å². The summed E-state index contributed by atoms with van der Waals surface area (Å²) in [5, 5.41) is 22.9. The monoisotopic (exact) mass is 435 g/mol. The molecule has 33 heavy (non-hydrogen) atoms. The predicted molar refractivity (Wildman–Crippen MR) is 124 cm³/mol. The van der Waals surface area contributed by atoms with Gasteiger partial charge in [-0.2, -0.15) is 5.10 Å². The van der Waals surface area contributed by atoms with E-state index in [-0.39, 0.29) is 11.7 Å². The first kappa shape index (κ1) is 20.1. The van der Waals surface area contributed by atoms with Crippen LogP contribution in [-0.4, -0.2) is 32.4 Å². The van der Waals surface area contributed by atoms with Crippen molar-refractivity contribution in [2.24, 2.45) is 5.10 Å². The molecule has 5 rings (SSSR count). The van der Waals surface area contributed by atoms with Crippen molar-refractivity contribution in [1.82, 2.24) is 20.6 Å². The lowest BCUT2D eigenvalue weighted by Crippen LogP contribution is -2.17. The quantitative estimate of drug-likeness (QED) is 0.312. The fraction of sp³-hybridized carbons (Fsp3) is 0. The number of aromatic nitrogens is 3. The number of hydrazone groups is 1. The van der Waals surface area contributed by atoms with Crippen molar-refractivity contribution in [2.75, 3.05) is 0 Å². The van der Waals surface area contributed by atoms with Gasteiger partial charge in [-0.15, -0.1) is 10.2 Å².